The molecule has 7 nitrogen and oxygen atoms in total. The first-order valence-electron chi connectivity index (χ1n) is 9.21. The summed E-state index contributed by atoms with van der Waals surface area (Å²) in [5, 5.41) is 14.7. The lowest BCUT2D eigenvalue weighted by Crippen LogP contribution is -2.10. The van der Waals surface area contributed by atoms with Gasteiger partial charge in [-0.1, -0.05) is 25.1 Å². The van der Waals surface area contributed by atoms with Gasteiger partial charge in [0.05, 0.1) is 25.1 Å². The van der Waals surface area contributed by atoms with Crippen molar-refractivity contribution < 1.29 is 19.4 Å². The van der Waals surface area contributed by atoms with Gasteiger partial charge in [-0.05, 0) is 44.0 Å². The number of pyridine rings is 1. The van der Waals surface area contributed by atoms with Crippen LogP contribution in [0.3, 0.4) is 0 Å². The number of aryl methyl sites for hydroxylation is 1. The number of ether oxygens (including phenoxy) is 2. The summed E-state index contributed by atoms with van der Waals surface area (Å²) in [5.74, 6) is 0.452. The van der Waals surface area contributed by atoms with Gasteiger partial charge in [0, 0.05) is 5.56 Å². The highest BCUT2D eigenvalue weighted by atomic mass is 16.5. The van der Waals surface area contributed by atoms with Crippen LogP contribution in [0.5, 0.6) is 11.6 Å². The number of carbonyl (C=O) groups is 1. The number of phenolic OH excluding ortho intramolecular Hbond substituents is 1. The van der Waals surface area contributed by atoms with Gasteiger partial charge in [-0.3, -0.25) is 0 Å². The number of para-hydroxylation sites is 1. The lowest BCUT2D eigenvalue weighted by atomic mass is 10.1. The molecule has 3 aromatic rings. The van der Waals surface area contributed by atoms with E-state index in [0.717, 1.165) is 12.0 Å². The zero-order valence-corrected chi connectivity index (χ0v) is 16.2. The highest BCUT2D eigenvalue weighted by Crippen LogP contribution is 2.31. The van der Waals surface area contributed by atoms with Crippen molar-refractivity contribution in [3.05, 3.63) is 53.7 Å². The smallest absolute Gasteiger partial charge is 0.345 e. The first-order valence-corrected chi connectivity index (χ1v) is 9.21. The predicted molar refractivity (Wildman–Crippen MR) is 105 cm³/mol. The van der Waals surface area contributed by atoms with Crippen LogP contribution >= 0.6 is 0 Å². The van der Waals surface area contributed by atoms with Crippen molar-refractivity contribution in [1.82, 2.24) is 14.8 Å². The quantitative estimate of drug-likeness (QED) is 0.625. The molecule has 1 N–H and O–H groups in total. The number of aromatic nitrogens is 3. The van der Waals surface area contributed by atoms with Gasteiger partial charge in [-0.25, -0.2) is 9.78 Å². The molecular weight excluding hydrogens is 358 g/mol. The Balaban J connectivity index is 2.06. The largest absolute Gasteiger partial charge is 0.507 e. The van der Waals surface area contributed by atoms with Crippen LogP contribution in [-0.2, 0) is 4.74 Å². The first kappa shape index (κ1) is 19.4. The van der Waals surface area contributed by atoms with E-state index in [9.17, 15) is 9.90 Å². The van der Waals surface area contributed by atoms with E-state index in [-0.39, 0.29) is 17.9 Å². The Morgan fingerprint density at radius 2 is 1.96 bits per heavy atom. The summed E-state index contributed by atoms with van der Waals surface area (Å²) in [6.45, 7) is 6.24. The lowest BCUT2D eigenvalue weighted by molar-refractivity contribution is 0.0521. The number of hydrogen-bond acceptors (Lipinski definition) is 6. The third-order valence-electron chi connectivity index (χ3n) is 4.13. The number of esters is 1. The number of carbonyl (C=O) groups excluding carboxylic acids is 1. The van der Waals surface area contributed by atoms with Gasteiger partial charge in [0.2, 0.25) is 5.88 Å². The Hall–Kier alpha value is -3.35. The fourth-order valence-electron chi connectivity index (χ4n) is 2.74. The number of nitrogens with zero attached hydrogens (tertiary/aromatic N) is 3. The third kappa shape index (κ3) is 3.83. The van der Waals surface area contributed by atoms with Crippen LogP contribution in [0.1, 0.15) is 36.2 Å². The Kier molecular flexibility index (Phi) is 5.93. The number of aromatic hydroxyl groups is 1. The maximum atomic E-state index is 12.2. The van der Waals surface area contributed by atoms with Crippen molar-refractivity contribution in [2.24, 2.45) is 0 Å². The minimum atomic E-state index is -0.493. The summed E-state index contributed by atoms with van der Waals surface area (Å²) in [7, 11) is 0. The molecule has 0 atom stereocenters. The van der Waals surface area contributed by atoms with Gasteiger partial charge in [0.1, 0.15) is 11.3 Å². The Bertz CT molecular complexity index is 982. The molecule has 2 heterocycles. The number of phenols is 1. The molecule has 0 amide bonds. The molecule has 0 saturated carbocycles. The predicted octanol–water partition coefficient (Wildman–Crippen LogP) is 3.91. The van der Waals surface area contributed by atoms with Crippen LogP contribution in [0.2, 0.25) is 0 Å². The van der Waals surface area contributed by atoms with Crippen molar-refractivity contribution in [2.45, 2.75) is 27.2 Å². The molecule has 0 aliphatic rings. The van der Waals surface area contributed by atoms with E-state index in [1.54, 1.807) is 25.1 Å². The second kappa shape index (κ2) is 8.56. The lowest BCUT2D eigenvalue weighted by Gasteiger charge is -2.12. The van der Waals surface area contributed by atoms with Crippen LogP contribution in [0, 0.1) is 6.92 Å². The Morgan fingerprint density at radius 3 is 2.71 bits per heavy atom. The van der Waals surface area contributed by atoms with Crippen molar-refractivity contribution in [3.63, 3.8) is 0 Å². The topological polar surface area (TPSA) is 86.5 Å². The summed E-state index contributed by atoms with van der Waals surface area (Å²) in [6.07, 6.45) is 2.19. The average molecular weight is 381 g/mol. The van der Waals surface area contributed by atoms with E-state index >= 15 is 0 Å². The second-order valence-electron chi connectivity index (χ2n) is 6.20. The molecule has 0 aliphatic heterocycles. The molecule has 3 rings (SSSR count). The van der Waals surface area contributed by atoms with Gasteiger partial charge in [-0.2, -0.15) is 9.78 Å². The molecule has 1 aromatic carbocycles. The van der Waals surface area contributed by atoms with Crippen molar-refractivity contribution in [2.75, 3.05) is 13.2 Å². The second-order valence-corrected chi connectivity index (χ2v) is 6.20. The van der Waals surface area contributed by atoms with Crippen molar-refractivity contribution in [1.29, 1.82) is 0 Å². The van der Waals surface area contributed by atoms with E-state index in [4.69, 9.17) is 9.47 Å². The molecule has 0 aliphatic carbocycles. The number of hydrogen-bond donors (Lipinski definition) is 1. The van der Waals surface area contributed by atoms with Crippen LogP contribution in [-0.4, -0.2) is 39.1 Å². The van der Waals surface area contributed by atoms with E-state index < -0.39 is 5.97 Å². The van der Waals surface area contributed by atoms with Crippen molar-refractivity contribution in [3.8, 4) is 28.7 Å². The van der Waals surface area contributed by atoms with Crippen LogP contribution < -0.4 is 4.74 Å². The van der Waals surface area contributed by atoms with Crippen LogP contribution in [0.25, 0.3) is 17.1 Å². The standard InChI is InChI=1S/C21H23N3O4/c1-4-12-28-20-16(21(26)27-5-2)13-22-24(20)18-11-7-10-17(23-18)15-9-6-8-14(3)19(15)25/h6-11,13,25H,4-5,12H2,1-3H3. The van der Waals surface area contributed by atoms with E-state index in [1.807, 2.05) is 32.0 Å². The van der Waals surface area contributed by atoms with Crippen LogP contribution in [0.15, 0.2) is 42.6 Å². The minimum Gasteiger partial charge on any atom is -0.507 e. The van der Waals surface area contributed by atoms with Gasteiger partial charge in [0.25, 0.3) is 0 Å². The maximum absolute atomic E-state index is 12.2. The Labute approximate surface area is 163 Å². The number of rotatable bonds is 7. The molecule has 0 bridgehead atoms. The monoisotopic (exact) mass is 381 g/mol. The van der Waals surface area contributed by atoms with Gasteiger partial charge in [-0.15, -0.1) is 0 Å². The molecule has 0 radical (unpaired) electrons. The summed E-state index contributed by atoms with van der Waals surface area (Å²) >= 11 is 0. The zero-order chi connectivity index (χ0) is 20.1. The summed E-state index contributed by atoms with van der Waals surface area (Å²) in [6, 6.07) is 10.9. The molecule has 28 heavy (non-hydrogen) atoms. The molecular formula is C21H23N3O4. The normalized spacial score (nSPS) is 10.7. The molecule has 0 saturated heterocycles. The van der Waals surface area contributed by atoms with Crippen molar-refractivity contribution >= 4 is 5.97 Å². The maximum Gasteiger partial charge on any atom is 0.345 e. The Morgan fingerprint density at radius 1 is 1.18 bits per heavy atom. The summed E-state index contributed by atoms with van der Waals surface area (Å²) in [5.41, 5.74) is 2.23. The molecule has 0 spiro atoms. The zero-order valence-electron chi connectivity index (χ0n) is 16.2. The van der Waals surface area contributed by atoms with Gasteiger partial charge < -0.3 is 14.6 Å². The fourth-order valence-corrected chi connectivity index (χ4v) is 2.74. The fraction of sp³-hybridized carbons (Fsp3) is 0.286. The highest BCUT2D eigenvalue weighted by Gasteiger charge is 2.22. The van der Waals surface area contributed by atoms with E-state index in [2.05, 4.69) is 10.1 Å². The highest BCUT2D eigenvalue weighted by molar-refractivity contribution is 5.91. The van der Waals surface area contributed by atoms with Gasteiger partial charge >= 0.3 is 5.97 Å². The number of benzene rings is 1. The molecule has 146 valence electrons. The average Bonchev–Trinajstić information content (AvgIpc) is 3.12. The molecule has 2 aromatic heterocycles. The van der Waals surface area contributed by atoms with Crippen LogP contribution in [0.4, 0.5) is 0 Å². The third-order valence-corrected chi connectivity index (χ3v) is 4.13. The minimum absolute atomic E-state index is 0.183. The van der Waals surface area contributed by atoms with Gasteiger partial charge in [0.15, 0.2) is 5.82 Å². The molecule has 7 heteroatoms. The van der Waals surface area contributed by atoms with E-state index in [0.29, 0.717) is 29.6 Å². The summed E-state index contributed by atoms with van der Waals surface area (Å²) in [4.78, 5) is 16.8. The van der Waals surface area contributed by atoms with E-state index in [1.165, 1.54) is 10.9 Å². The molecule has 0 unspecified atom stereocenters. The first-order chi connectivity index (χ1) is 13.6. The SMILES string of the molecule is CCCOc1c(C(=O)OCC)cnn1-c1cccc(-c2cccc(C)c2O)n1. The molecule has 0 fully saturated rings. The summed E-state index contributed by atoms with van der Waals surface area (Å²) < 4.78 is 12.3.